The lowest BCUT2D eigenvalue weighted by atomic mass is 10.1. The number of halogens is 1. The highest BCUT2D eigenvalue weighted by Crippen LogP contribution is 2.20. The van der Waals surface area contributed by atoms with Crippen molar-refractivity contribution in [2.45, 2.75) is 13.0 Å². The molecule has 19 heavy (non-hydrogen) atoms. The summed E-state index contributed by atoms with van der Waals surface area (Å²) in [5.41, 5.74) is 7.50. The Morgan fingerprint density at radius 2 is 2.21 bits per heavy atom. The number of hydrogen-bond donors (Lipinski definition) is 2. The van der Waals surface area contributed by atoms with E-state index in [1.807, 2.05) is 19.1 Å². The molecule has 0 unspecified atom stereocenters. The molecule has 1 heterocycles. The third-order valence-electron chi connectivity index (χ3n) is 2.79. The van der Waals surface area contributed by atoms with Gasteiger partial charge in [0.25, 0.3) is 5.91 Å². The molecule has 98 valence electrons. The van der Waals surface area contributed by atoms with Crippen LogP contribution in [-0.4, -0.2) is 10.9 Å². The third-order valence-corrected chi connectivity index (χ3v) is 3.13. The van der Waals surface area contributed by atoms with Gasteiger partial charge in [-0.3, -0.25) is 9.78 Å². The lowest BCUT2D eigenvalue weighted by Gasteiger charge is -2.14. The second-order valence-electron chi connectivity index (χ2n) is 4.22. The Morgan fingerprint density at radius 1 is 1.42 bits per heavy atom. The molecule has 1 amide bonds. The standard InChI is InChI=1S/C14H14ClN3O/c1-9(11-3-2-6-17-8-11)18-14(19)10-4-5-12(15)13(16)7-10/h2-9H,16H2,1H3,(H,18,19)/t9-/m0/s1. The van der Waals surface area contributed by atoms with Gasteiger partial charge in [0.05, 0.1) is 16.8 Å². The molecule has 4 nitrogen and oxygen atoms in total. The molecule has 0 aliphatic carbocycles. The summed E-state index contributed by atoms with van der Waals surface area (Å²) in [5, 5.41) is 3.32. The molecule has 0 saturated heterocycles. The maximum atomic E-state index is 12.1. The summed E-state index contributed by atoms with van der Waals surface area (Å²) in [5.74, 6) is -0.195. The van der Waals surface area contributed by atoms with Gasteiger partial charge in [0.1, 0.15) is 0 Å². The van der Waals surface area contributed by atoms with E-state index in [4.69, 9.17) is 17.3 Å². The molecule has 0 spiro atoms. The maximum absolute atomic E-state index is 12.1. The molecule has 2 rings (SSSR count). The van der Waals surface area contributed by atoms with E-state index < -0.39 is 0 Å². The van der Waals surface area contributed by atoms with Crippen LogP contribution < -0.4 is 11.1 Å². The number of carbonyl (C=O) groups excluding carboxylic acids is 1. The van der Waals surface area contributed by atoms with Crippen LogP contribution in [0.2, 0.25) is 5.02 Å². The Balaban J connectivity index is 2.11. The predicted molar refractivity (Wildman–Crippen MR) is 76.0 cm³/mol. The van der Waals surface area contributed by atoms with Crippen molar-refractivity contribution < 1.29 is 4.79 Å². The fourth-order valence-electron chi connectivity index (χ4n) is 1.68. The Kier molecular flexibility index (Phi) is 4.02. The fourth-order valence-corrected chi connectivity index (χ4v) is 1.80. The SMILES string of the molecule is C[C@H](NC(=O)c1ccc(Cl)c(N)c1)c1cccnc1. The Labute approximate surface area is 116 Å². The average Bonchev–Trinajstić information content (AvgIpc) is 2.42. The van der Waals surface area contributed by atoms with Gasteiger partial charge in [-0.05, 0) is 36.8 Å². The molecule has 3 N–H and O–H groups in total. The third kappa shape index (κ3) is 3.23. The zero-order valence-corrected chi connectivity index (χ0v) is 11.2. The number of rotatable bonds is 3. The van der Waals surface area contributed by atoms with Gasteiger partial charge in [0.15, 0.2) is 0 Å². The largest absolute Gasteiger partial charge is 0.398 e. The molecule has 0 saturated carbocycles. The second-order valence-corrected chi connectivity index (χ2v) is 4.63. The molecule has 5 heteroatoms. The van der Waals surface area contributed by atoms with Gasteiger partial charge in [0, 0.05) is 18.0 Å². The van der Waals surface area contributed by atoms with E-state index in [1.54, 1.807) is 30.6 Å². The lowest BCUT2D eigenvalue weighted by Crippen LogP contribution is -2.26. The first-order valence-corrected chi connectivity index (χ1v) is 6.21. The van der Waals surface area contributed by atoms with E-state index in [0.717, 1.165) is 5.56 Å². The van der Waals surface area contributed by atoms with Crippen LogP contribution in [0.1, 0.15) is 28.9 Å². The lowest BCUT2D eigenvalue weighted by molar-refractivity contribution is 0.0940. The summed E-state index contributed by atoms with van der Waals surface area (Å²) >= 11 is 5.82. The highest BCUT2D eigenvalue weighted by Gasteiger charge is 2.12. The summed E-state index contributed by atoms with van der Waals surface area (Å²) < 4.78 is 0. The number of amides is 1. The number of pyridine rings is 1. The molecule has 2 aromatic rings. The van der Waals surface area contributed by atoms with E-state index in [2.05, 4.69) is 10.3 Å². The van der Waals surface area contributed by atoms with Crippen LogP contribution >= 0.6 is 11.6 Å². The molecule has 0 fully saturated rings. The van der Waals surface area contributed by atoms with Crippen LogP contribution in [0, 0.1) is 0 Å². The molecule has 1 atom stereocenters. The van der Waals surface area contributed by atoms with Gasteiger partial charge in [-0.1, -0.05) is 17.7 Å². The monoisotopic (exact) mass is 275 g/mol. The van der Waals surface area contributed by atoms with Crippen molar-refractivity contribution in [3.05, 3.63) is 58.9 Å². The maximum Gasteiger partial charge on any atom is 0.251 e. The normalized spacial score (nSPS) is 11.9. The topological polar surface area (TPSA) is 68.0 Å². The summed E-state index contributed by atoms with van der Waals surface area (Å²) in [6.45, 7) is 1.90. The molecule has 0 aliphatic rings. The Hall–Kier alpha value is -2.07. The summed E-state index contributed by atoms with van der Waals surface area (Å²) in [6, 6.07) is 8.43. The fraction of sp³-hybridized carbons (Fsp3) is 0.143. The number of anilines is 1. The van der Waals surface area contributed by atoms with E-state index in [1.165, 1.54) is 0 Å². The van der Waals surface area contributed by atoms with Gasteiger partial charge in [-0.15, -0.1) is 0 Å². The first-order chi connectivity index (χ1) is 9.08. The van der Waals surface area contributed by atoms with Gasteiger partial charge in [-0.25, -0.2) is 0 Å². The average molecular weight is 276 g/mol. The number of nitrogens with two attached hydrogens (primary N) is 1. The molecule has 0 bridgehead atoms. The van der Waals surface area contributed by atoms with Crippen molar-refractivity contribution in [1.82, 2.24) is 10.3 Å². The second kappa shape index (κ2) is 5.71. The molecule has 1 aromatic heterocycles. The van der Waals surface area contributed by atoms with Crippen molar-refractivity contribution in [1.29, 1.82) is 0 Å². The first-order valence-electron chi connectivity index (χ1n) is 5.83. The molecule has 0 aliphatic heterocycles. The minimum Gasteiger partial charge on any atom is -0.398 e. The first kappa shape index (κ1) is 13.4. The van der Waals surface area contributed by atoms with E-state index in [0.29, 0.717) is 16.3 Å². The molecule has 1 aromatic carbocycles. The highest BCUT2D eigenvalue weighted by molar-refractivity contribution is 6.33. The molecule has 0 radical (unpaired) electrons. The van der Waals surface area contributed by atoms with Crippen molar-refractivity contribution in [3.63, 3.8) is 0 Å². The van der Waals surface area contributed by atoms with Crippen molar-refractivity contribution in [2.24, 2.45) is 0 Å². The van der Waals surface area contributed by atoms with E-state index in [9.17, 15) is 4.79 Å². The Morgan fingerprint density at radius 3 is 2.84 bits per heavy atom. The van der Waals surface area contributed by atoms with Crippen LogP contribution in [0.5, 0.6) is 0 Å². The smallest absolute Gasteiger partial charge is 0.251 e. The van der Waals surface area contributed by atoms with Crippen LogP contribution in [-0.2, 0) is 0 Å². The quantitative estimate of drug-likeness (QED) is 0.847. The van der Waals surface area contributed by atoms with Crippen LogP contribution in [0.4, 0.5) is 5.69 Å². The minimum atomic E-state index is -0.195. The van der Waals surface area contributed by atoms with Crippen LogP contribution in [0.3, 0.4) is 0 Å². The van der Waals surface area contributed by atoms with Crippen LogP contribution in [0.15, 0.2) is 42.7 Å². The number of aromatic nitrogens is 1. The van der Waals surface area contributed by atoms with E-state index in [-0.39, 0.29) is 11.9 Å². The number of nitrogens with zero attached hydrogens (tertiary/aromatic N) is 1. The van der Waals surface area contributed by atoms with Gasteiger partial charge in [0.2, 0.25) is 0 Å². The number of benzene rings is 1. The highest BCUT2D eigenvalue weighted by atomic mass is 35.5. The van der Waals surface area contributed by atoms with Crippen molar-refractivity contribution in [2.75, 3.05) is 5.73 Å². The number of nitrogen functional groups attached to an aromatic ring is 1. The summed E-state index contributed by atoms with van der Waals surface area (Å²) in [6.07, 6.45) is 3.42. The molecular formula is C14H14ClN3O. The summed E-state index contributed by atoms with van der Waals surface area (Å²) in [4.78, 5) is 16.1. The minimum absolute atomic E-state index is 0.127. The number of hydrogen-bond acceptors (Lipinski definition) is 3. The number of nitrogens with one attached hydrogen (secondary N) is 1. The summed E-state index contributed by atoms with van der Waals surface area (Å²) in [7, 11) is 0. The zero-order chi connectivity index (χ0) is 13.8. The van der Waals surface area contributed by atoms with Gasteiger partial charge in [-0.2, -0.15) is 0 Å². The Bertz CT molecular complexity index is 586. The van der Waals surface area contributed by atoms with E-state index >= 15 is 0 Å². The van der Waals surface area contributed by atoms with Crippen molar-refractivity contribution >= 4 is 23.2 Å². The zero-order valence-electron chi connectivity index (χ0n) is 10.4. The van der Waals surface area contributed by atoms with Crippen LogP contribution in [0.25, 0.3) is 0 Å². The number of carbonyl (C=O) groups is 1. The van der Waals surface area contributed by atoms with Gasteiger partial charge >= 0.3 is 0 Å². The van der Waals surface area contributed by atoms with Crippen molar-refractivity contribution in [3.8, 4) is 0 Å². The van der Waals surface area contributed by atoms with Gasteiger partial charge < -0.3 is 11.1 Å². The molecular weight excluding hydrogens is 262 g/mol. The predicted octanol–water partition coefficient (Wildman–Crippen LogP) is 2.81.